The third-order valence-corrected chi connectivity index (χ3v) is 2.72. The van der Waals surface area contributed by atoms with E-state index in [0.717, 1.165) is 9.26 Å². The second-order valence-corrected chi connectivity index (χ2v) is 4.53. The lowest BCUT2D eigenvalue weighted by Gasteiger charge is -2.21. The molecule has 1 aromatic carbocycles. The van der Waals surface area contributed by atoms with Gasteiger partial charge in [0, 0.05) is 17.3 Å². The van der Waals surface area contributed by atoms with Gasteiger partial charge < -0.3 is 11.1 Å². The van der Waals surface area contributed by atoms with E-state index in [1.165, 1.54) is 0 Å². The molecule has 0 radical (unpaired) electrons. The number of anilines is 1. The van der Waals surface area contributed by atoms with Gasteiger partial charge in [0.2, 0.25) is 0 Å². The van der Waals surface area contributed by atoms with Crippen molar-refractivity contribution in [2.45, 2.75) is 0 Å². The zero-order chi connectivity index (χ0) is 12.1. The van der Waals surface area contributed by atoms with Crippen molar-refractivity contribution in [2.24, 2.45) is 10.8 Å². The fraction of sp³-hybridized carbons (Fsp3) is 0.100. The summed E-state index contributed by atoms with van der Waals surface area (Å²) in [6.45, 7) is 3.50. The van der Waals surface area contributed by atoms with E-state index in [0.29, 0.717) is 5.82 Å². The second kappa shape index (κ2) is 5.95. The zero-order valence-electron chi connectivity index (χ0n) is 8.74. The number of nitrogens with zero attached hydrogens (tertiary/aromatic N) is 2. The van der Waals surface area contributed by atoms with Crippen LogP contribution in [0.4, 0.5) is 5.69 Å². The van der Waals surface area contributed by atoms with Gasteiger partial charge in [0.15, 0.2) is 5.82 Å². The van der Waals surface area contributed by atoms with Crippen molar-refractivity contribution < 1.29 is 0 Å². The van der Waals surface area contributed by atoms with Crippen LogP contribution in [0.5, 0.6) is 0 Å². The van der Waals surface area contributed by atoms with Gasteiger partial charge in [-0.1, -0.05) is 17.7 Å². The minimum atomic E-state index is 0.133. The van der Waals surface area contributed by atoms with Crippen molar-refractivity contribution >= 4 is 46.6 Å². The summed E-state index contributed by atoms with van der Waals surface area (Å²) >= 11 is 7.99. The fourth-order valence-corrected chi connectivity index (χ4v) is 1.92. The second-order valence-electron chi connectivity index (χ2n) is 2.88. The topological polar surface area (TPSA) is 53.6 Å². The van der Waals surface area contributed by atoms with Gasteiger partial charge in [0.05, 0.1) is 5.69 Å². The number of halogens is 2. The van der Waals surface area contributed by atoms with Gasteiger partial charge in [0.1, 0.15) is 5.16 Å². The monoisotopic (exact) mass is 350 g/mol. The maximum atomic E-state index is 5.77. The molecular formula is C10H12ClIN4. The van der Waals surface area contributed by atoms with E-state index in [1.54, 1.807) is 12.1 Å². The van der Waals surface area contributed by atoms with Crippen LogP contribution in [-0.2, 0) is 0 Å². The highest BCUT2D eigenvalue weighted by molar-refractivity contribution is 14.1. The van der Waals surface area contributed by atoms with Crippen molar-refractivity contribution in [2.75, 3.05) is 12.1 Å². The van der Waals surface area contributed by atoms with Crippen LogP contribution in [0.25, 0.3) is 0 Å². The molecule has 0 spiro atoms. The van der Waals surface area contributed by atoms with Gasteiger partial charge in [-0.15, -0.1) is 0 Å². The average molecular weight is 351 g/mol. The summed E-state index contributed by atoms with van der Waals surface area (Å²) in [5.41, 5.74) is 6.39. The first-order valence-electron chi connectivity index (χ1n) is 4.45. The summed E-state index contributed by atoms with van der Waals surface area (Å²) < 4.78 is 1.09. The molecule has 6 heteroatoms. The predicted octanol–water partition coefficient (Wildman–Crippen LogP) is 2.26. The van der Waals surface area contributed by atoms with E-state index in [4.69, 9.17) is 17.3 Å². The Morgan fingerprint density at radius 3 is 2.75 bits per heavy atom. The van der Waals surface area contributed by atoms with Gasteiger partial charge in [-0.2, -0.15) is 5.10 Å². The Morgan fingerprint density at radius 2 is 2.31 bits per heavy atom. The highest BCUT2D eigenvalue weighted by Crippen LogP contribution is 2.21. The minimum absolute atomic E-state index is 0.133. The smallest absolute Gasteiger partial charge is 0.163 e. The largest absolute Gasteiger partial charge is 0.386 e. The molecule has 1 aromatic rings. The molecular weight excluding hydrogens is 338 g/mol. The summed E-state index contributed by atoms with van der Waals surface area (Å²) in [6.07, 6.45) is 0. The van der Waals surface area contributed by atoms with Crippen LogP contribution in [0.15, 0.2) is 40.3 Å². The van der Waals surface area contributed by atoms with Crippen molar-refractivity contribution in [3.63, 3.8) is 0 Å². The number of nitrogens with two attached hydrogens (primary N) is 1. The summed E-state index contributed by atoms with van der Waals surface area (Å²) in [4.78, 5) is 0. The molecule has 0 saturated heterocycles. The van der Waals surface area contributed by atoms with E-state index in [1.807, 2.05) is 24.3 Å². The zero-order valence-corrected chi connectivity index (χ0v) is 11.7. The molecule has 0 aliphatic rings. The van der Waals surface area contributed by atoms with Crippen LogP contribution in [0.1, 0.15) is 0 Å². The molecule has 0 aliphatic carbocycles. The lowest BCUT2D eigenvalue weighted by Crippen LogP contribution is -2.27. The minimum Gasteiger partial charge on any atom is -0.386 e. The van der Waals surface area contributed by atoms with Crippen LogP contribution in [0, 0.1) is 3.57 Å². The Labute approximate surface area is 113 Å². The van der Waals surface area contributed by atoms with E-state index < -0.39 is 0 Å². The third-order valence-electron chi connectivity index (χ3n) is 1.87. The van der Waals surface area contributed by atoms with E-state index in [9.17, 15) is 0 Å². The Balaban J connectivity index is 3.17. The highest BCUT2D eigenvalue weighted by atomic mass is 127. The Kier molecular flexibility index (Phi) is 4.88. The number of nitrogens with one attached hydrogen (secondary N) is 1. The maximum Gasteiger partial charge on any atom is 0.163 e. The summed E-state index contributed by atoms with van der Waals surface area (Å²) in [5.74, 6) is 0.499. The van der Waals surface area contributed by atoms with Crippen LogP contribution < -0.4 is 16.1 Å². The maximum absolute atomic E-state index is 5.77. The Bertz CT molecular complexity index is 415. The summed E-state index contributed by atoms with van der Waals surface area (Å²) in [7, 11) is 1.72. The lowest BCUT2D eigenvalue weighted by molar-refractivity contribution is 0.853. The molecule has 4 nitrogen and oxygen atoms in total. The van der Waals surface area contributed by atoms with Crippen LogP contribution >= 0.6 is 34.2 Å². The predicted molar refractivity (Wildman–Crippen MR) is 77.3 cm³/mol. The first kappa shape index (κ1) is 13.1. The molecule has 86 valence electrons. The molecule has 0 unspecified atom stereocenters. The number of hydrogen-bond acceptors (Lipinski definition) is 4. The molecule has 0 heterocycles. The number of rotatable bonds is 4. The molecule has 0 saturated carbocycles. The van der Waals surface area contributed by atoms with E-state index >= 15 is 0 Å². The molecule has 1 rings (SSSR count). The molecule has 0 aliphatic heterocycles. The van der Waals surface area contributed by atoms with Gasteiger partial charge >= 0.3 is 0 Å². The summed E-state index contributed by atoms with van der Waals surface area (Å²) in [6, 6.07) is 7.76. The van der Waals surface area contributed by atoms with Gasteiger partial charge in [-0.25, -0.2) is 5.01 Å². The average Bonchev–Trinajstić information content (AvgIpc) is 2.25. The molecule has 0 aromatic heterocycles. The first-order valence-corrected chi connectivity index (χ1v) is 5.91. The Hall–Kier alpha value is -0.950. The van der Waals surface area contributed by atoms with Crippen LogP contribution in [0.2, 0.25) is 0 Å². The lowest BCUT2D eigenvalue weighted by atomic mass is 10.3. The molecule has 16 heavy (non-hydrogen) atoms. The molecule has 0 fully saturated rings. The van der Waals surface area contributed by atoms with Crippen LogP contribution in [-0.4, -0.2) is 13.8 Å². The van der Waals surface area contributed by atoms with Crippen molar-refractivity contribution in [3.8, 4) is 0 Å². The van der Waals surface area contributed by atoms with Crippen LogP contribution in [0.3, 0.4) is 0 Å². The summed E-state index contributed by atoms with van der Waals surface area (Å²) in [5, 5.41) is 8.45. The molecule has 0 amide bonds. The molecule has 3 N–H and O–H groups in total. The van der Waals surface area contributed by atoms with Crippen molar-refractivity contribution in [1.29, 1.82) is 0 Å². The highest BCUT2D eigenvalue weighted by Gasteiger charge is 2.12. The normalized spacial score (nSPS) is 11.7. The van der Waals surface area contributed by atoms with Gasteiger partial charge in [0.25, 0.3) is 0 Å². The van der Waals surface area contributed by atoms with Crippen molar-refractivity contribution in [3.05, 3.63) is 38.8 Å². The number of hydrazone groups is 1. The molecule has 0 atom stereocenters. The first-order chi connectivity index (χ1) is 7.60. The van der Waals surface area contributed by atoms with Crippen molar-refractivity contribution in [1.82, 2.24) is 5.32 Å². The van der Waals surface area contributed by atoms with E-state index in [-0.39, 0.29) is 5.16 Å². The quantitative estimate of drug-likeness (QED) is 0.379. The fourth-order valence-electron chi connectivity index (χ4n) is 1.22. The third kappa shape index (κ3) is 3.02. The number of hydrogen-bond donors (Lipinski definition) is 2. The molecule has 0 bridgehead atoms. The Morgan fingerprint density at radius 1 is 1.62 bits per heavy atom. The standard InChI is InChI=1S/C10H12ClIN4/c1-14-10(9(11)13)16(15-2)8-5-3-4-7(12)6-8/h3-6,14H,2,13H2,1H3/b10-9-. The van der Waals surface area contributed by atoms with Gasteiger partial charge in [-0.05, 0) is 40.8 Å². The van der Waals surface area contributed by atoms with Gasteiger partial charge in [-0.3, -0.25) is 0 Å². The number of benzene rings is 1. The van der Waals surface area contributed by atoms with E-state index in [2.05, 4.69) is 39.7 Å². The SMILES string of the molecule is C=NN(/C(NC)=C(\N)Cl)c1cccc(I)c1.